The Morgan fingerprint density at radius 1 is 1.28 bits per heavy atom. The molecule has 1 aliphatic rings. The summed E-state index contributed by atoms with van der Waals surface area (Å²) < 4.78 is 15.9. The van der Waals surface area contributed by atoms with Crippen LogP contribution in [0.1, 0.15) is 24.5 Å². The lowest BCUT2D eigenvalue weighted by Crippen LogP contribution is -2.11. The number of aliphatic hydroxyl groups is 1. The maximum Gasteiger partial charge on any atom is 0.139 e. The summed E-state index contributed by atoms with van der Waals surface area (Å²) in [5.41, 5.74) is 0.657. The van der Waals surface area contributed by atoms with E-state index < -0.39 is 6.10 Å². The Labute approximate surface area is 107 Å². The highest BCUT2D eigenvalue weighted by molar-refractivity contribution is 5.43. The second kappa shape index (κ2) is 5.78. The van der Waals surface area contributed by atoms with Crippen LogP contribution in [0.2, 0.25) is 0 Å². The first-order valence-corrected chi connectivity index (χ1v) is 5.99. The van der Waals surface area contributed by atoms with Crippen LogP contribution >= 0.6 is 0 Å². The molecule has 0 fully saturated rings. The Morgan fingerprint density at radius 2 is 2.11 bits per heavy atom. The standard InChI is InChI=1S/C14H18O4/c1-16-10-6-7-12(17-2)11(9-10)14(15)13-5-3-4-8-18-13/h5-7,9,14-15H,3-4,8H2,1-2H3. The Bertz CT molecular complexity index is 439. The van der Waals surface area contributed by atoms with Gasteiger partial charge in [0.2, 0.25) is 0 Å². The van der Waals surface area contributed by atoms with Crippen molar-refractivity contribution in [2.45, 2.75) is 18.9 Å². The minimum absolute atomic E-state index is 0.591. The molecule has 4 heteroatoms. The number of hydrogen-bond acceptors (Lipinski definition) is 4. The molecule has 18 heavy (non-hydrogen) atoms. The van der Waals surface area contributed by atoms with Crippen LogP contribution in [-0.2, 0) is 4.74 Å². The molecule has 1 heterocycles. The van der Waals surface area contributed by atoms with E-state index in [-0.39, 0.29) is 0 Å². The van der Waals surface area contributed by atoms with Crippen LogP contribution in [0.5, 0.6) is 11.5 Å². The molecule has 0 radical (unpaired) electrons. The van der Waals surface area contributed by atoms with E-state index in [4.69, 9.17) is 14.2 Å². The molecule has 1 aromatic carbocycles. The van der Waals surface area contributed by atoms with Crippen molar-refractivity contribution in [2.24, 2.45) is 0 Å². The molecule has 0 amide bonds. The molecule has 1 N–H and O–H groups in total. The van der Waals surface area contributed by atoms with Crippen LogP contribution in [0.25, 0.3) is 0 Å². The van der Waals surface area contributed by atoms with Gasteiger partial charge in [0.25, 0.3) is 0 Å². The van der Waals surface area contributed by atoms with Crippen molar-refractivity contribution in [1.29, 1.82) is 0 Å². The monoisotopic (exact) mass is 250 g/mol. The Balaban J connectivity index is 2.32. The first-order chi connectivity index (χ1) is 8.76. The molecule has 98 valence electrons. The van der Waals surface area contributed by atoms with Gasteiger partial charge in [-0.25, -0.2) is 0 Å². The molecule has 2 rings (SSSR count). The predicted molar refractivity (Wildman–Crippen MR) is 67.8 cm³/mol. The molecule has 1 unspecified atom stereocenters. The third kappa shape index (κ3) is 2.59. The van der Waals surface area contributed by atoms with Crippen LogP contribution in [0, 0.1) is 0 Å². The number of hydrogen-bond donors (Lipinski definition) is 1. The van der Waals surface area contributed by atoms with Crippen molar-refractivity contribution < 1.29 is 19.3 Å². The molecular weight excluding hydrogens is 232 g/mol. The van der Waals surface area contributed by atoms with Crippen molar-refractivity contribution in [3.05, 3.63) is 35.6 Å². The lowest BCUT2D eigenvalue weighted by Gasteiger charge is -2.21. The molecule has 1 aromatic rings. The summed E-state index contributed by atoms with van der Waals surface area (Å²) in [6, 6.07) is 5.34. The molecule has 0 aliphatic carbocycles. The van der Waals surface area contributed by atoms with Crippen LogP contribution in [0.4, 0.5) is 0 Å². The van der Waals surface area contributed by atoms with Gasteiger partial charge in [-0.05, 0) is 37.1 Å². The highest BCUT2D eigenvalue weighted by Gasteiger charge is 2.21. The van der Waals surface area contributed by atoms with Crippen molar-refractivity contribution in [1.82, 2.24) is 0 Å². The minimum atomic E-state index is -0.810. The van der Waals surface area contributed by atoms with Gasteiger partial charge in [-0.3, -0.25) is 0 Å². The third-order valence-corrected chi connectivity index (χ3v) is 2.96. The average Bonchev–Trinajstić information content (AvgIpc) is 2.46. The number of ether oxygens (including phenoxy) is 3. The van der Waals surface area contributed by atoms with Gasteiger partial charge in [-0.15, -0.1) is 0 Å². The summed E-state index contributed by atoms with van der Waals surface area (Å²) in [5.74, 6) is 1.90. The van der Waals surface area contributed by atoms with Crippen LogP contribution < -0.4 is 9.47 Å². The van der Waals surface area contributed by atoms with E-state index >= 15 is 0 Å². The van der Waals surface area contributed by atoms with E-state index in [9.17, 15) is 5.11 Å². The average molecular weight is 250 g/mol. The van der Waals surface area contributed by atoms with Crippen LogP contribution in [0.15, 0.2) is 30.0 Å². The lowest BCUT2D eigenvalue weighted by atomic mass is 10.0. The van der Waals surface area contributed by atoms with Crippen molar-refractivity contribution in [3.8, 4) is 11.5 Å². The van der Waals surface area contributed by atoms with E-state index in [1.807, 2.05) is 6.08 Å². The highest BCUT2D eigenvalue weighted by Crippen LogP contribution is 2.34. The summed E-state index contributed by atoms with van der Waals surface area (Å²) in [7, 11) is 3.17. The van der Waals surface area contributed by atoms with Gasteiger partial charge in [0.1, 0.15) is 23.4 Å². The summed E-state index contributed by atoms with van der Waals surface area (Å²) in [5, 5.41) is 10.3. The minimum Gasteiger partial charge on any atom is -0.497 e. The summed E-state index contributed by atoms with van der Waals surface area (Å²) >= 11 is 0. The lowest BCUT2D eigenvalue weighted by molar-refractivity contribution is 0.0901. The third-order valence-electron chi connectivity index (χ3n) is 2.96. The SMILES string of the molecule is COc1ccc(OC)c(C(O)C2=CCCCO2)c1. The largest absolute Gasteiger partial charge is 0.497 e. The summed E-state index contributed by atoms with van der Waals surface area (Å²) in [6.45, 7) is 0.648. The van der Waals surface area contributed by atoms with Gasteiger partial charge >= 0.3 is 0 Å². The van der Waals surface area contributed by atoms with E-state index in [2.05, 4.69) is 0 Å². The van der Waals surface area contributed by atoms with Crippen LogP contribution in [-0.4, -0.2) is 25.9 Å². The number of methoxy groups -OCH3 is 2. The fourth-order valence-electron chi connectivity index (χ4n) is 1.97. The van der Waals surface area contributed by atoms with Gasteiger partial charge < -0.3 is 19.3 Å². The normalized spacial score (nSPS) is 16.5. The Kier molecular flexibility index (Phi) is 4.10. The molecule has 1 aliphatic heterocycles. The quantitative estimate of drug-likeness (QED) is 0.891. The number of benzene rings is 1. The van der Waals surface area contributed by atoms with E-state index in [0.29, 0.717) is 29.4 Å². The molecule has 1 atom stereocenters. The van der Waals surface area contributed by atoms with E-state index in [1.54, 1.807) is 32.4 Å². The number of allylic oxidation sites excluding steroid dienone is 1. The zero-order valence-corrected chi connectivity index (χ0v) is 10.7. The molecular formula is C14H18O4. The van der Waals surface area contributed by atoms with Crippen molar-refractivity contribution >= 4 is 0 Å². The second-order valence-corrected chi connectivity index (χ2v) is 4.11. The van der Waals surface area contributed by atoms with Gasteiger partial charge in [0, 0.05) is 5.56 Å². The van der Waals surface area contributed by atoms with Gasteiger partial charge in [-0.2, -0.15) is 0 Å². The molecule has 0 spiro atoms. The topological polar surface area (TPSA) is 47.9 Å². The maximum atomic E-state index is 10.3. The molecule has 0 saturated heterocycles. The molecule has 0 bridgehead atoms. The maximum absolute atomic E-state index is 10.3. The van der Waals surface area contributed by atoms with E-state index in [1.165, 1.54) is 0 Å². The highest BCUT2D eigenvalue weighted by atomic mass is 16.5. The fourth-order valence-corrected chi connectivity index (χ4v) is 1.97. The molecule has 4 nitrogen and oxygen atoms in total. The zero-order valence-electron chi connectivity index (χ0n) is 10.7. The van der Waals surface area contributed by atoms with Gasteiger partial charge in [-0.1, -0.05) is 0 Å². The van der Waals surface area contributed by atoms with Crippen molar-refractivity contribution in [2.75, 3.05) is 20.8 Å². The first kappa shape index (κ1) is 12.8. The van der Waals surface area contributed by atoms with Crippen molar-refractivity contribution in [3.63, 3.8) is 0 Å². The summed E-state index contributed by atoms with van der Waals surface area (Å²) in [4.78, 5) is 0. The second-order valence-electron chi connectivity index (χ2n) is 4.11. The Hall–Kier alpha value is -1.68. The predicted octanol–water partition coefficient (Wildman–Crippen LogP) is 2.43. The molecule has 0 aromatic heterocycles. The zero-order chi connectivity index (χ0) is 13.0. The summed E-state index contributed by atoms with van der Waals surface area (Å²) in [6.07, 6.45) is 3.03. The fraction of sp³-hybridized carbons (Fsp3) is 0.429. The van der Waals surface area contributed by atoms with Crippen LogP contribution in [0.3, 0.4) is 0 Å². The Morgan fingerprint density at radius 3 is 2.72 bits per heavy atom. The number of aliphatic hydroxyl groups excluding tert-OH is 1. The molecule has 0 saturated carbocycles. The van der Waals surface area contributed by atoms with Gasteiger partial charge in [0.05, 0.1) is 20.8 Å². The van der Waals surface area contributed by atoms with E-state index in [0.717, 1.165) is 12.8 Å². The first-order valence-electron chi connectivity index (χ1n) is 5.99. The smallest absolute Gasteiger partial charge is 0.139 e. The number of rotatable bonds is 4. The van der Waals surface area contributed by atoms with Gasteiger partial charge in [0.15, 0.2) is 0 Å².